The lowest BCUT2D eigenvalue weighted by molar-refractivity contribution is 0.929. The van der Waals surface area contributed by atoms with Crippen LogP contribution < -0.4 is 5.73 Å². The first-order valence-electron chi connectivity index (χ1n) is 4.15. The summed E-state index contributed by atoms with van der Waals surface area (Å²) in [6, 6.07) is 6.19. The molecule has 1 aromatic carbocycles. The van der Waals surface area contributed by atoms with Crippen molar-refractivity contribution < 1.29 is 0 Å². The summed E-state index contributed by atoms with van der Waals surface area (Å²) in [7, 11) is 0. The minimum atomic E-state index is 0.716. The average molecular weight is 184 g/mol. The first kappa shape index (κ1) is 9.40. The predicted octanol–water partition coefficient (Wildman–Crippen LogP) is 2.75. The smallest absolute Gasteiger partial charge is 0.0346 e. The third-order valence-electron chi connectivity index (χ3n) is 1.94. The van der Waals surface area contributed by atoms with Crippen LogP contribution in [-0.4, -0.2) is 5.88 Å². The van der Waals surface area contributed by atoms with Gasteiger partial charge in [-0.1, -0.05) is 12.1 Å². The fraction of sp³-hybridized carbons (Fsp3) is 0.400. The number of hydrogen-bond acceptors (Lipinski definition) is 1. The summed E-state index contributed by atoms with van der Waals surface area (Å²) < 4.78 is 0. The molecule has 2 heteroatoms. The van der Waals surface area contributed by atoms with Gasteiger partial charge in [0.05, 0.1) is 0 Å². The minimum Gasteiger partial charge on any atom is -0.399 e. The molecule has 0 saturated heterocycles. The van der Waals surface area contributed by atoms with Gasteiger partial charge in [-0.3, -0.25) is 0 Å². The zero-order chi connectivity index (χ0) is 8.97. The summed E-state index contributed by atoms with van der Waals surface area (Å²) in [5.74, 6) is 0.716. The summed E-state index contributed by atoms with van der Waals surface area (Å²) >= 11 is 5.59. The van der Waals surface area contributed by atoms with Gasteiger partial charge in [0, 0.05) is 11.6 Å². The second kappa shape index (κ2) is 4.36. The van der Waals surface area contributed by atoms with Gasteiger partial charge in [-0.05, 0) is 37.0 Å². The Morgan fingerprint density at radius 3 is 2.75 bits per heavy atom. The summed E-state index contributed by atoms with van der Waals surface area (Å²) in [6.07, 6.45) is 2.04. The number of rotatable bonds is 3. The number of halogens is 1. The Hall–Kier alpha value is -0.690. The average Bonchev–Trinajstić information content (AvgIpc) is 2.07. The van der Waals surface area contributed by atoms with Gasteiger partial charge in [0.1, 0.15) is 0 Å². The molecule has 0 bridgehead atoms. The second-order valence-electron chi connectivity index (χ2n) is 2.98. The topological polar surface area (TPSA) is 26.0 Å². The molecule has 0 spiro atoms. The van der Waals surface area contributed by atoms with Crippen LogP contribution in [0.1, 0.15) is 17.5 Å². The zero-order valence-electron chi connectivity index (χ0n) is 7.31. The van der Waals surface area contributed by atoms with E-state index >= 15 is 0 Å². The van der Waals surface area contributed by atoms with Crippen LogP contribution >= 0.6 is 11.6 Å². The molecule has 0 aromatic heterocycles. The summed E-state index contributed by atoms with van der Waals surface area (Å²) in [5.41, 5.74) is 9.06. The summed E-state index contributed by atoms with van der Waals surface area (Å²) in [5, 5.41) is 0. The molecule has 0 saturated carbocycles. The molecule has 2 N–H and O–H groups in total. The Bertz CT molecular complexity index is 258. The van der Waals surface area contributed by atoms with Crippen LogP contribution in [0.2, 0.25) is 0 Å². The third-order valence-corrected chi connectivity index (χ3v) is 2.21. The maximum absolute atomic E-state index is 5.76. The van der Waals surface area contributed by atoms with Crippen LogP contribution in [0.4, 0.5) is 5.69 Å². The van der Waals surface area contributed by atoms with Crippen LogP contribution in [0.5, 0.6) is 0 Å². The highest BCUT2D eigenvalue weighted by Gasteiger charge is 1.95. The Labute approximate surface area is 78.5 Å². The molecule has 0 radical (unpaired) electrons. The number of nitrogens with two attached hydrogens (primary N) is 1. The Morgan fingerprint density at radius 2 is 2.17 bits per heavy atom. The molecule has 12 heavy (non-hydrogen) atoms. The SMILES string of the molecule is Cc1ccc(CCCCl)cc1N. The van der Waals surface area contributed by atoms with Gasteiger partial charge in [-0.2, -0.15) is 0 Å². The molecule has 0 amide bonds. The Morgan fingerprint density at radius 1 is 1.42 bits per heavy atom. The molecule has 1 rings (SSSR count). The van der Waals surface area contributed by atoms with E-state index in [2.05, 4.69) is 12.1 Å². The van der Waals surface area contributed by atoms with E-state index in [-0.39, 0.29) is 0 Å². The van der Waals surface area contributed by atoms with Crippen LogP contribution in [0, 0.1) is 6.92 Å². The maximum atomic E-state index is 5.76. The van der Waals surface area contributed by atoms with Crippen molar-refractivity contribution in [2.45, 2.75) is 19.8 Å². The van der Waals surface area contributed by atoms with Crippen LogP contribution in [0.3, 0.4) is 0 Å². The van der Waals surface area contributed by atoms with E-state index < -0.39 is 0 Å². The number of nitrogen functional groups attached to an aromatic ring is 1. The zero-order valence-corrected chi connectivity index (χ0v) is 8.06. The molecule has 0 unspecified atom stereocenters. The van der Waals surface area contributed by atoms with Crippen molar-refractivity contribution in [3.8, 4) is 0 Å². The molecule has 0 aliphatic heterocycles. The Kier molecular flexibility index (Phi) is 3.42. The number of hydrogen-bond donors (Lipinski definition) is 1. The van der Waals surface area contributed by atoms with Crippen LogP contribution in [-0.2, 0) is 6.42 Å². The highest BCUT2D eigenvalue weighted by atomic mass is 35.5. The van der Waals surface area contributed by atoms with E-state index in [9.17, 15) is 0 Å². The molecular weight excluding hydrogens is 170 g/mol. The second-order valence-corrected chi connectivity index (χ2v) is 3.36. The van der Waals surface area contributed by atoms with Crippen molar-refractivity contribution in [1.29, 1.82) is 0 Å². The quantitative estimate of drug-likeness (QED) is 0.566. The van der Waals surface area contributed by atoms with E-state index in [4.69, 9.17) is 17.3 Å². The number of anilines is 1. The van der Waals surface area contributed by atoms with E-state index in [1.807, 2.05) is 13.0 Å². The number of benzene rings is 1. The molecule has 0 heterocycles. The van der Waals surface area contributed by atoms with E-state index in [1.54, 1.807) is 0 Å². The molecule has 0 aliphatic rings. The lowest BCUT2D eigenvalue weighted by Gasteiger charge is -2.03. The van der Waals surface area contributed by atoms with Crippen molar-refractivity contribution in [3.05, 3.63) is 29.3 Å². The summed E-state index contributed by atoms with van der Waals surface area (Å²) in [4.78, 5) is 0. The largest absolute Gasteiger partial charge is 0.399 e. The van der Waals surface area contributed by atoms with Gasteiger partial charge in [0.15, 0.2) is 0 Å². The van der Waals surface area contributed by atoms with Crippen molar-refractivity contribution in [3.63, 3.8) is 0 Å². The molecule has 1 nitrogen and oxygen atoms in total. The Balaban J connectivity index is 2.69. The molecule has 0 atom stereocenters. The van der Waals surface area contributed by atoms with E-state index in [1.165, 1.54) is 5.56 Å². The fourth-order valence-corrected chi connectivity index (χ4v) is 1.25. The molecule has 0 fully saturated rings. The third kappa shape index (κ3) is 2.42. The van der Waals surface area contributed by atoms with E-state index in [0.717, 1.165) is 24.1 Å². The summed E-state index contributed by atoms with van der Waals surface area (Å²) in [6.45, 7) is 2.01. The fourth-order valence-electron chi connectivity index (χ4n) is 1.12. The first-order chi connectivity index (χ1) is 5.74. The van der Waals surface area contributed by atoms with Gasteiger partial charge in [0.2, 0.25) is 0 Å². The standard InChI is InChI=1S/C10H14ClN/c1-8-4-5-9(3-2-6-11)7-10(8)12/h4-5,7H,2-3,6,12H2,1H3. The number of aryl methyl sites for hydroxylation is 2. The lowest BCUT2D eigenvalue weighted by atomic mass is 10.1. The van der Waals surface area contributed by atoms with Crippen molar-refractivity contribution >= 4 is 17.3 Å². The van der Waals surface area contributed by atoms with Gasteiger partial charge in [0.25, 0.3) is 0 Å². The van der Waals surface area contributed by atoms with Gasteiger partial charge >= 0.3 is 0 Å². The highest BCUT2D eigenvalue weighted by Crippen LogP contribution is 2.14. The normalized spacial score (nSPS) is 10.2. The van der Waals surface area contributed by atoms with Crippen molar-refractivity contribution in [2.24, 2.45) is 0 Å². The minimum absolute atomic E-state index is 0.716. The van der Waals surface area contributed by atoms with Gasteiger partial charge in [-0.15, -0.1) is 11.6 Å². The molecule has 1 aromatic rings. The van der Waals surface area contributed by atoms with Gasteiger partial charge in [-0.25, -0.2) is 0 Å². The molecule has 66 valence electrons. The van der Waals surface area contributed by atoms with Crippen LogP contribution in [0.25, 0.3) is 0 Å². The molecule has 0 aliphatic carbocycles. The maximum Gasteiger partial charge on any atom is 0.0346 e. The van der Waals surface area contributed by atoms with Gasteiger partial charge < -0.3 is 5.73 Å². The highest BCUT2D eigenvalue weighted by molar-refractivity contribution is 6.17. The lowest BCUT2D eigenvalue weighted by Crippen LogP contribution is -1.92. The first-order valence-corrected chi connectivity index (χ1v) is 4.68. The molecular formula is C10H14ClN. The predicted molar refractivity (Wildman–Crippen MR) is 54.6 cm³/mol. The van der Waals surface area contributed by atoms with Crippen molar-refractivity contribution in [2.75, 3.05) is 11.6 Å². The number of alkyl halides is 1. The monoisotopic (exact) mass is 183 g/mol. The van der Waals surface area contributed by atoms with Crippen LogP contribution in [0.15, 0.2) is 18.2 Å². The van der Waals surface area contributed by atoms with E-state index in [0.29, 0.717) is 5.88 Å². The van der Waals surface area contributed by atoms with Crippen molar-refractivity contribution in [1.82, 2.24) is 0 Å².